The van der Waals surface area contributed by atoms with Gasteiger partial charge in [0.05, 0.1) is 6.54 Å². The van der Waals surface area contributed by atoms with Crippen molar-refractivity contribution in [3.05, 3.63) is 77.6 Å². The smallest absolute Gasteiger partial charge is 0.254 e. The van der Waals surface area contributed by atoms with Crippen molar-refractivity contribution in [2.24, 2.45) is 9.98 Å². The molecule has 1 aromatic heterocycles. The Hall–Kier alpha value is -3.08. The van der Waals surface area contributed by atoms with Crippen LogP contribution in [0.1, 0.15) is 23.6 Å². The standard InChI is InChI=1S/C19H17N5/c1-2-14-8-10-16(11-9-14)17-18(24-19(23-17)21-13-22-24)20-12-15-6-4-3-5-7-15/h3-11,13H,2,12H2,1H3. The first-order valence-corrected chi connectivity index (χ1v) is 8.02. The van der Waals surface area contributed by atoms with E-state index in [4.69, 9.17) is 4.99 Å². The molecule has 0 saturated carbocycles. The Morgan fingerprint density at radius 2 is 1.75 bits per heavy atom. The summed E-state index contributed by atoms with van der Waals surface area (Å²) in [4.78, 5) is 13.6. The Morgan fingerprint density at radius 1 is 0.958 bits per heavy atom. The number of aromatic nitrogens is 3. The molecule has 5 nitrogen and oxygen atoms in total. The Bertz CT molecular complexity index is 904. The Balaban J connectivity index is 1.70. The van der Waals surface area contributed by atoms with Gasteiger partial charge in [0.2, 0.25) is 0 Å². The SMILES string of the molecule is CCc1ccc(C2=Nc3ncnn3C2=NCc2ccccc2)cc1. The van der Waals surface area contributed by atoms with E-state index in [0.717, 1.165) is 29.1 Å². The third-order valence-electron chi connectivity index (χ3n) is 4.04. The van der Waals surface area contributed by atoms with Gasteiger partial charge in [0.15, 0.2) is 5.84 Å². The average molecular weight is 315 g/mol. The van der Waals surface area contributed by atoms with Crippen molar-refractivity contribution < 1.29 is 0 Å². The highest BCUT2D eigenvalue weighted by atomic mass is 15.4. The summed E-state index contributed by atoms with van der Waals surface area (Å²) in [6.45, 7) is 2.73. The van der Waals surface area contributed by atoms with Gasteiger partial charge in [-0.25, -0.2) is 4.99 Å². The van der Waals surface area contributed by atoms with Crippen LogP contribution in [0.3, 0.4) is 0 Å². The summed E-state index contributed by atoms with van der Waals surface area (Å²) >= 11 is 0. The number of hydrogen-bond donors (Lipinski definition) is 0. The first-order chi connectivity index (χ1) is 11.8. The monoisotopic (exact) mass is 315 g/mol. The predicted octanol–water partition coefficient (Wildman–Crippen LogP) is 3.42. The minimum absolute atomic E-state index is 0.580. The second-order valence-electron chi connectivity index (χ2n) is 5.61. The third-order valence-corrected chi connectivity index (χ3v) is 4.04. The maximum atomic E-state index is 4.75. The van der Waals surface area contributed by atoms with E-state index >= 15 is 0 Å². The van der Waals surface area contributed by atoms with Crippen molar-refractivity contribution in [2.45, 2.75) is 19.9 Å². The molecule has 2 heterocycles. The number of aliphatic imine (C=N–C) groups is 2. The fraction of sp³-hybridized carbons (Fsp3) is 0.158. The quantitative estimate of drug-likeness (QED) is 0.740. The van der Waals surface area contributed by atoms with Crippen molar-refractivity contribution >= 4 is 17.5 Å². The van der Waals surface area contributed by atoms with Gasteiger partial charge in [-0.1, -0.05) is 61.5 Å². The van der Waals surface area contributed by atoms with Gasteiger partial charge >= 0.3 is 0 Å². The molecular formula is C19H17N5. The molecule has 0 bridgehead atoms. The summed E-state index contributed by atoms with van der Waals surface area (Å²) in [7, 11) is 0. The molecule has 118 valence electrons. The molecular weight excluding hydrogens is 298 g/mol. The van der Waals surface area contributed by atoms with E-state index in [0.29, 0.717) is 12.5 Å². The van der Waals surface area contributed by atoms with Crippen LogP contribution in [0.2, 0.25) is 0 Å². The maximum Gasteiger partial charge on any atom is 0.254 e. The van der Waals surface area contributed by atoms with Gasteiger partial charge < -0.3 is 0 Å². The molecule has 0 fully saturated rings. The minimum Gasteiger partial charge on any atom is -0.260 e. The summed E-state index contributed by atoms with van der Waals surface area (Å²) in [5.41, 5.74) is 4.31. The van der Waals surface area contributed by atoms with Crippen molar-refractivity contribution in [3.63, 3.8) is 0 Å². The minimum atomic E-state index is 0.580. The summed E-state index contributed by atoms with van der Waals surface area (Å²) in [5, 5.41) is 4.26. The molecule has 0 atom stereocenters. The number of hydrogen-bond acceptors (Lipinski definition) is 4. The van der Waals surface area contributed by atoms with Gasteiger partial charge in [-0.15, -0.1) is 0 Å². The van der Waals surface area contributed by atoms with Crippen molar-refractivity contribution in [2.75, 3.05) is 0 Å². The van der Waals surface area contributed by atoms with Crippen LogP contribution in [0.25, 0.3) is 0 Å². The van der Waals surface area contributed by atoms with Crippen LogP contribution >= 0.6 is 0 Å². The largest absolute Gasteiger partial charge is 0.260 e. The molecule has 0 amide bonds. The fourth-order valence-electron chi connectivity index (χ4n) is 2.69. The van der Waals surface area contributed by atoms with Crippen LogP contribution in [0, 0.1) is 0 Å². The highest BCUT2D eigenvalue weighted by Gasteiger charge is 2.25. The normalized spacial score (nSPS) is 14.7. The van der Waals surface area contributed by atoms with Crippen LogP contribution < -0.4 is 0 Å². The third kappa shape index (κ3) is 2.65. The zero-order valence-corrected chi connectivity index (χ0v) is 13.4. The van der Waals surface area contributed by atoms with Crippen LogP contribution in [0.15, 0.2) is 70.9 Å². The van der Waals surface area contributed by atoms with Crippen LogP contribution in [0.5, 0.6) is 0 Å². The van der Waals surface area contributed by atoms with Crippen LogP contribution in [-0.2, 0) is 13.0 Å². The second kappa shape index (κ2) is 6.20. The van der Waals surface area contributed by atoms with Crippen molar-refractivity contribution in [1.29, 1.82) is 0 Å². The predicted molar refractivity (Wildman–Crippen MR) is 95.0 cm³/mol. The van der Waals surface area contributed by atoms with Crippen LogP contribution in [-0.4, -0.2) is 26.3 Å². The molecule has 0 N–H and O–H groups in total. The molecule has 0 radical (unpaired) electrons. The molecule has 0 saturated heterocycles. The lowest BCUT2D eigenvalue weighted by atomic mass is 10.1. The van der Waals surface area contributed by atoms with Gasteiger partial charge in [0.1, 0.15) is 12.0 Å². The Kier molecular flexibility index (Phi) is 3.75. The van der Waals surface area contributed by atoms with E-state index in [9.17, 15) is 0 Å². The summed E-state index contributed by atoms with van der Waals surface area (Å²) < 4.78 is 1.70. The van der Waals surface area contributed by atoms with Gasteiger partial charge in [-0.05, 0) is 17.5 Å². The van der Waals surface area contributed by atoms with Gasteiger partial charge in [0, 0.05) is 5.56 Å². The zero-order valence-electron chi connectivity index (χ0n) is 13.4. The Morgan fingerprint density at radius 3 is 2.50 bits per heavy atom. The lowest BCUT2D eigenvalue weighted by Gasteiger charge is -2.06. The van der Waals surface area contributed by atoms with E-state index in [2.05, 4.69) is 58.4 Å². The lowest BCUT2D eigenvalue weighted by molar-refractivity contribution is 0.932. The topological polar surface area (TPSA) is 55.4 Å². The molecule has 24 heavy (non-hydrogen) atoms. The summed E-state index contributed by atoms with van der Waals surface area (Å²) in [6, 6.07) is 18.6. The van der Waals surface area contributed by atoms with Gasteiger partial charge in [0.25, 0.3) is 5.95 Å². The number of benzene rings is 2. The molecule has 2 aromatic carbocycles. The first-order valence-electron chi connectivity index (χ1n) is 8.02. The van der Waals surface area contributed by atoms with E-state index in [1.165, 1.54) is 11.9 Å². The summed E-state index contributed by atoms with van der Waals surface area (Å²) in [6.07, 6.45) is 2.53. The van der Waals surface area contributed by atoms with E-state index in [-0.39, 0.29) is 0 Å². The van der Waals surface area contributed by atoms with E-state index in [1.54, 1.807) is 4.68 Å². The molecule has 3 aromatic rings. The number of nitrogens with zero attached hydrogens (tertiary/aromatic N) is 5. The molecule has 1 aliphatic rings. The molecule has 0 aliphatic carbocycles. The fourth-order valence-corrected chi connectivity index (χ4v) is 2.69. The number of fused-ring (bicyclic) bond motifs is 1. The summed E-state index contributed by atoms with van der Waals surface area (Å²) in [5.74, 6) is 1.33. The van der Waals surface area contributed by atoms with Crippen molar-refractivity contribution in [3.8, 4) is 0 Å². The lowest BCUT2D eigenvalue weighted by Crippen LogP contribution is -2.20. The highest BCUT2D eigenvalue weighted by molar-refractivity contribution is 6.50. The number of aryl methyl sites for hydroxylation is 1. The van der Waals surface area contributed by atoms with E-state index < -0.39 is 0 Å². The highest BCUT2D eigenvalue weighted by Crippen LogP contribution is 2.20. The average Bonchev–Trinajstić information content (AvgIpc) is 3.22. The van der Waals surface area contributed by atoms with Gasteiger partial charge in [-0.2, -0.15) is 14.8 Å². The molecule has 1 aliphatic heterocycles. The van der Waals surface area contributed by atoms with E-state index in [1.807, 2.05) is 18.2 Å². The first kappa shape index (κ1) is 14.5. The molecule has 0 unspecified atom stereocenters. The second-order valence-corrected chi connectivity index (χ2v) is 5.61. The number of rotatable bonds is 4. The zero-order chi connectivity index (χ0) is 16.4. The van der Waals surface area contributed by atoms with Gasteiger partial charge in [-0.3, -0.25) is 4.99 Å². The Labute approximate surface area is 140 Å². The maximum absolute atomic E-state index is 4.75. The molecule has 4 rings (SSSR count). The van der Waals surface area contributed by atoms with Crippen LogP contribution in [0.4, 0.5) is 5.95 Å². The molecule has 0 spiro atoms. The van der Waals surface area contributed by atoms with Crippen molar-refractivity contribution in [1.82, 2.24) is 14.8 Å². The molecule has 5 heteroatoms.